The van der Waals surface area contributed by atoms with Gasteiger partial charge in [-0.3, -0.25) is 9.78 Å². The number of likely N-dealkylation sites (N-methyl/N-ethyl adjacent to an activating group) is 1. The summed E-state index contributed by atoms with van der Waals surface area (Å²) in [6.45, 7) is 2.43. The van der Waals surface area contributed by atoms with Crippen molar-refractivity contribution in [2.24, 2.45) is 0 Å². The summed E-state index contributed by atoms with van der Waals surface area (Å²) in [6.07, 6.45) is 4.17. The molecule has 1 aliphatic heterocycles. The fourth-order valence-electron chi connectivity index (χ4n) is 3.50. The highest BCUT2D eigenvalue weighted by molar-refractivity contribution is 5.77. The average molecular weight is 377 g/mol. The fourth-order valence-corrected chi connectivity index (χ4v) is 3.50. The maximum Gasteiger partial charge on any atom is 0.227 e. The molecule has 3 aromatic rings. The molecule has 1 atom stereocenters. The van der Waals surface area contributed by atoms with Gasteiger partial charge in [0.15, 0.2) is 0 Å². The van der Waals surface area contributed by atoms with E-state index in [0.29, 0.717) is 24.6 Å². The predicted octanol–water partition coefficient (Wildman–Crippen LogP) is 2.58. The molecule has 1 aliphatic rings. The first-order chi connectivity index (χ1) is 13.7. The van der Waals surface area contributed by atoms with Gasteiger partial charge in [-0.25, -0.2) is 0 Å². The van der Waals surface area contributed by atoms with E-state index in [4.69, 9.17) is 4.52 Å². The number of nitrogens with zero attached hydrogens (tertiary/aromatic N) is 5. The second-order valence-electron chi connectivity index (χ2n) is 7.03. The lowest BCUT2D eigenvalue weighted by atomic mass is 10.0. The van der Waals surface area contributed by atoms with Gasteiger partial charge in [0.1, 0.15) is 0 Å². The maximum absolute atomic E-state index is 12.9. The summed E-state index contributed by atoms with van der Waals surface area (Å²) in [5.41, 5.74) is 1.96. The molecule has 3 heterocycles. The van der Waals surface area contributed by atoms with Crippen molar-refractivity contribution >= 4 is 5.91 Å². The van der Waals surface area contributed by atoms with Gasteiger partial charge in [0.25, 0.3) is 0 Å². The van der Waals surface area contributed by atoms with E-state index >= 15 is 0 Å². The van der Waals surface area contributed by atoms with Crippen molar-refractivity contribution in [2.45, 2.75) is 18.9 Å². The summed E-state index contributed by atoms with van der Waals surface area (Å²) in [4.78, 5) is 25.6. The maximum atomic E-state index is 12.9. The summed E-state index contributed by atoms with van der Waals surface area (Å²) in [5, 5.41) is 3.99. The van der Waals surface area contributed by atoms with E-state index in [1.54, 1.807) is 12.4 Å². The number of carbonyl (C=O) groups excluding carboxylic acids is 1. The molecule has 0 radical (unpaired) electrons. The Morgan fingerprint density at radius 3 is 2.82 bits per heavy atom. The fraction of sp³-hybridized carbons (Fsp3) is 0.333. The Morgan fingerprint density at radius 2 is 2.04 bits per heavy atom. The minimum Gasteiger partial charge on any atom is -0.339 e. The molecule has 0 aliphatic carbocycles. The first kappa shape index (κ1) is 18.3. The van der Waals surface area contributed by atoms with Gasteiger partial charge in [-0.05, 0) is 24.7 Å². The molecule has 1 unspecified atom stereocenters. The van der Waals surface area contributed by atoms with Crippen molar-refractivity contribution in [3.63, 3.8) is 0 Å². The topological polar surface area (TPSA) is 75.4 Å². The number of hydrogen-bond acceptors (Lipinski definition) is 6. The number of aryl methyl sites for hydroxylation is 1. The molecule has 7 heteroatoms. The minimum absolute atomic E-state index is 0.0705. The van der Waals surface area contributed by atoms with Crippen LogP contribution in [0.3, 0.4) is 0 Å². The second kappa shape index (κ2) is 8.31. The number of amides is 1. The van der Waals surface area contributed by atoms with Crippen LogP contribution in [0, 0.1) is 0 Å². The molecule has 0 saturated carbocycles. The van der Waals surface area contributed by atoms with Crippen LogP contribution >= 0.6 is 0 Å². The summed E-state index contributed by atoms with van der Waals surface area (Å²) in [6, 6.07) is 14.0. The van der Waals surface area contributed by atoms with E-state index in [1.807, 2.05) is 35.2 Å². The smallest absolute Gasteiger partial charge is 0.227 e. The van der Waals surface area contributed by atoms with E-state index in [-0.39, 0.29) is 11.9 Å². The molecular weight excluding hydrogens is 354 g/mol. The van der Waals surface area contributed by atoms with Crippen molar-refractivity contribution in [2.75, 3.05) is 26.7 Å². The van der Waals surface area contributed by atoms with Crippen LogP contribution in [0.1, 0.15) is 23.9 Å². The van der Waals surface area contributed by atoms with Crippen molar-refractivity contribution in [3.8, 4) is 11.4 Å². The molecule has 1 fully saturated rings. The molecule has 4 rings (SSSR count). The van der Waals surface area contributed by atoms with Gasteiger partial charge in [-0.2, -0.15) is 4.98 Å². The Balaban J connectivity index is 1.42. The monoisotopic (exact) mass is 377 g/mol. The van der Waals surface area contributed by atoms with Gasteiger partial charge in [-0.15, -0.1) is 0 Å². The second-order valence-corrected chi connectivity index (χ2v) is 7.03. The number of hydrogen-bond donors (Lipinski definition) is 0. The zero-order chi connectivity index (χ0) is 19.3. The number of carbonyl (C=O) groups is 1. The largest absolute Gasteiger partial charge is 0.339 e. The summed E-state index contributed by atoms with van der Waals surface area (Å²) in [5.74, 6) is 1.08. The van der Waals surface area contributed by atoms with Crippen LogP contribution in [-0.2, 0) is 11.2 Å². The Morgan fingerprint density at radius 1 is 1.18 bits per heavy atom. The van der Waals surface area contributed by atoms with Gasteiger partial charge < -0.3 is 14.3 Å². The third-order valence-electron chi connectivity index (χ3n) is 5.03. The molecule has 0 bridgehead atoms. The number of rotatable bonds is 5. The molecule has 144 valence electrons. The molecule has 1 aromatic carbocycles. The van der Waals surface area contributed by atoms with Crippen LogP contribution in [0.4, 0.5) is 0 Å². The van der Waals surface area contributed by atoms with Crippen LogP contribution in [-0.4, -0.2) is 57.5 Å². The third kappa shape index (κ3) is 4.09. The number of benzene rings is 1. The Bertz CT molecular complexity index is 913. The van der Waals surface area contributed by atoms with Crippen LogP contribution in [0.25, 0.3) is 11.4 Å². The molecule has 1 amide bonds. The zero-order valence-electron chi connectivity index (χ0n) is 15.9. The first-order valence-electron chi connectivity index (χ1n) is 9.46. The molecule has 1 saturated heterocycles. The molecular formula is C21H23N5O2. The van der Waals surface area contributed by atoms with E-state index < -0.39 is 0 Å². The van der Waals surface area contributed by atoms with E-state index in [0.717, 1.165) is 25.2 Å². The highest BCUT2D eigenvalue weighted by Gasteiger charge is 2.30. The van der Waals surface area contributed by atoms with Gasteiger partial charge >= 0.3 is 0 Å². The quantitative estimate of drug-likeness (QED) is 0.680. The van der Waals surface area contributed by atoms with Gasteiger partial charge in [0.2, 0.25) is 17.6 Å². The Labute approximate surface area is 164 Å². The number of pyridine rings is 1. The van der Waals surface area contributed by atoms with E-state index in [1.165, 1.54) is 5.56 Å². The van der Waals surface area contributed by atoms with Crippen molar-refractivity contribution < 1.29 is 9.32 Å². The average Bonchev–Trinajstić information content (AvgIpc) is 3.22. The minimum atomic E-state index is 0.0705. The summed E-state index contributed by atoms with van der Waals surface area (Å²) >= 11 is 0. The molecule has 28 heavy (non-hydrogen) atoms. The van der Waals surface area contributed by atoms with Crippen molar-refractivity contribution in [1.82, 2.24) is 24.9 Å². The Kier molecular flexibility index (Phi) is 5.43. The van der Waals surface area contributed by atoms with Crippen LogP contribution in [0.5, 0.6) is 0 Å². The van der Waals surface area contributed by atoms with Gasteiger partial charge in [0, 0.05) is 50.4 Å². The normalized spacial score (nSPS) is 17.6. The lowest BCUT2D eigenvalue weighted by Gasteiger charge is -2.40. The molecule has 0 spiro atoms. The predicted molar refractivity (Wildman–Crippen MR) is 104 cm³/mol. The highest BCUT2D eigenvalue weighted by Crippen LogP contribution is 2.26. The van der Waals surface area contributed by atoms with E-state index in [2.05, 4.69) is 39.2 Å². The number of piperazine rings is 1. The van der Waals surface area contributed by atoms with Gasteiger partial charge in [-0.1, -0.05) is 35.5 Å². The molecule has 7 nitrogen and oxygen atoms in total. The lowest BCUT2D eigenvalue weighted by molar-refractivity contribution is -0.136. The van der Waals surface area contributed by atoms with Crippen molar-refractivity contribution in [3.05, 3.63) is 66.3 Å². The van der Waals surface area contributed by atoms with Crippen LogP contribution < -0.4 is 0 Å². The van der Waals surface area contributed by atoms with Gasteiger partial charge in [0.05, 0.1) is 6.04 Å². The molecule has 2 aromatic heterocycles. The van der Waals surface area contributed by atoms with Crippen LogP contribution in [0.15, 0.2) is 59.4 Å². The highest BCUT2D eigenvalue weighted by atomic mass is 16.5. The van der Waals surface area contributed by atoms with E-state index in [9.17, 15) is 4.79 Å². The molecule has 0 N–H and O–H groups in total. The standard InChI is InChI=1S/C21H23N5O2/c1-25-12-13-26(18(15-25)16-6-3-2-4-7-16)20(27)10-9-19-23-21(24-28-19)17-8-5-11-22-14-17/h2-8,11,14,18H,9-10,12-13,15H2,1H3. The first-order valence-corrected chi connectivity index (χ1v) is 9.46. The zero-order valence-corrected chi connectivity index (χ0v) is 15.9. The lowest BCUT2D eigenvalue weighted by Crippen LogP contribution is -2.49. The summed E-state index contributed by atoms with van der Waals surface area (Å²) < 4.78 is 5.32. The number of aromatic nitrogens is 3. The Hall–Kier alpha value is -3.06. The SMILES string of the molecule is CN1CCN(C(=O)CCc2nc(-c3cccnc3)no2)C(c2ccccc2)C1. The van der Waals surface area contributed by atoms with Crippen molar-refractivity contribution in [1.29, 1.82) is 0 Å². The third-order valence-corrected chi connectivity index (χ3v) is 5.03. The van der Waals surface area contributed by atoms with Crippen LogP contribution in [0.2, 0.25) is 0 Å². The summed E-state index contributed by atoms with van der Waals surface area (Å²) in [7, 11) is 2.09.